The summed E-state index contributed by atoms with van der Waals surface area (Å²) >= 11 is 0. The lowest BCUT2D eigenvalue weighted by Gasteiger charge is -2.15. The molecule has 0 nitrogen and oxygen atoms in total. The highest BCUT2D eigenvalue weighted by Gasteiger charge is 2.14. The molecular weight excluding hydrogens is 1510 g/mol. The normalized spacial score (nSPS) is 11.7. The van der Waals surface area contributed by atoms with Gasteiger partial charge in [0.15, 0.2) is 0 Å². The lowest BCUT2D eigenvalue weighted by Crippen LogP contribution is -2.00. The molecule has 0 aliphatic carbocycles. The van der Waals surface area contributed by atoms with E-state index in [1.54, 1.807) is 0 Å². The van der Waals surface area contributed by atoms with Crippen molar-refractivity contribution < 1.29 is 0 Å². The highest BCUT2D eigenvalue weighted by Crippen LogP contribution is 2.30. The zero-order valence-corrected chi connectivity index (χ0v) is 95.1. The molecule has 2 unspecified atom stereocenters. The van der Waals surface area contributed by atoms with Crippen molar-refractivity contribution in [2.45, 2.75) is 770 Å². The summed E-state index contributed by atoms with van der Waals surface area (Å²) in [7, 11) is 0. The van der Waals surface area contributed by atoms with Crippen molar-refractivity contribution >= 4 is 0 Å². The van der Waals surface area contributed by atoms with E-state index in [-0.39, 0.29) is 0 Å². The van der Waals surface area contributed by atoms with E-state index in [2.05, 4.69) is 166 Å². The maximum Gasteiger partial charge on any atom is -0.0414 e. The molecule has 126 heavy (non-hydrogen) atoms. The highest BCUT2D eigenvalue weighted by atomic mass is 14.2. The molecule has 772 valence electrons. The molecule has 0 aromatic heterocycles. The van der Waals surface area contributed by atoms with Crippen LogP contribution < -0.4 is 0 Å². The summed E-state index contributed by atoms with van der Waals surface area (Å²) < 4.78 is 0. The van der Waals surface area contributed by atoms with Crippen LogP contribution in [0.1, 0.15) is 770 Å². The van der Waals surface area contributed by atoms with Gasteiger partial charge in [0.2, 0.25) is 0 Å². The molecule has 0 saturated heterocycles. The van der Waals surface area contributed by atoms with Gasteiger partial charge in [-0.3, -0.25) is 0 Å². The van der Waals surface area contributed by atoms with E-state index in [0.29, 0.717) is 0 Å². The van der Waals surface area contributed by atoms with Crippen LogP contribution in [0, 0.1) is 47.3 Å². The van der Waals surface area contributed by atoms with Crippen LogP contribution >= 0.6 is 0 Å². The van der Waals surface area contributed by atoms with Gasteiger partial charge >= 0.3 is 0 Å². The molecule has 0 rings (SSSR count). The lowest BCUT2D eigenvalue weighted by atomic mass is 9.91. The van der Waals surface area contributed by atoms with Gasteiger partial charge in [0, 0.05) is 0 Å². The Balaban J connectivity index is -0.000000211. The average Bonchev–Trinajstić information content (AvgIpc) is 1.05. The topological polar surface area (TPSA) is 0 Å². The molecule has 0 heteroatoms. The summed E-state index contributed by atoms with van der Waals surface area (Å²) in [5.41, 5.74) is 0. The first kappa shape index (κ1) is 141. The van der Waals surface area contributed by atoms with Crippen LogP contribution in [0.2, 0.25) is 0 Å². The fraction of sp³-hybridized carbons (Fsp3) is 1.00. The number of rotatable bonds is 94. The Labute approximate surface area is 811 Å². The van der Waals surface area contributed by atoms with Crippen LogP contribution in [0.4, 0.5) is 0 Å². The zero-order chi connectivity index (χ0) is 95.1. The largest absolute Gasteiger partial charge is 0.0654 e. The second kappa shape index (κ2) is 138. The van der Waals surface area contributed by atoms with E-state index in [4.69, 9.17) is 0 Å². The SMILES string of the molecule is CCCCCC(CCC)CCC.CCCCCC(CCC)CCCCC.CCCCCCCC(CCC)CCC.CCCCCCCC(CCC)CCCCC.CCCCCCCC(CCC)CCCCCCC.CCCCCCCCCC(CCC)CCC.CCCCCCCCCC(CCC)CCCCC.CCCCCCCCCCCC(CCC)CCC. The van der Waals surface area contributed by atoms with Gasteiger partial charge in [-0.15, -0.1) is 0 Å². The Morgan fingerprint density at radius 1 is 0.0635 bits per heavy atom. The van der Waals surface area contributed by atoms with Crippen LogP contribution in [0.5, 0.6) is 0 Å². The summed E-state index contributed by atoms with van der Waals surface area (Å²) in [6.07, 6.45) is 136. The highest BCUT2D eigenvalue weighted by molar-refractivity contribution is 4.67. The van der Waals surface area contributed by atoms with E-state index in [1.807, 2.05) is 0 Å². The monoisotopic (exact) mass is 1780 g/mol. The fourth-order valence-corrected chi connectivity index (χ4v) is 20.4. The standard InChI is InChI=1S/3C18H38.2C16H34.2C14H30.C12H26/c1-4-7-8-9-10-11-12-13-14-17-18(15-5-2)16-6-3;1-4-7-9-10-11-12-14-17-18(15-6-3)16-13-8-5-2;1-4-7-9-11-13-16-18(15-6-3)17-14-12-10-8-5-2;1-4-7-8-9-10-11-12-15-16(13-5-2)14-6-3;1-4-7-9-10-12-15-16(13-6-3)14-11-8-5-2;1-4-7-8-9-10-13-14(11-5-2)12-6-3;1-4-7-9-12-14(11-6-3)13-10-8-5-2;1-4-7-8-11-12(9-5-2)10-6-3/h3*18H,4-17H2,1-3H3;2*16H,4-15H2,1-3H3;2*14H,4-13H2,1-3H3;12H,4-11H2,1-3H3. The van der Waals surface area contributed by atoms with Gasteiger partial charge < -0.3 is 0 Å². The van der Waals surface area contributed by atoms with Crippen molar-refractivity contribution in [1.82, 2.24) is 0 Å². The van der Waals surface area contributed by atoms with E-state index in [0.717, 1.165) is 47.3 Å². The Kier molecular flexibility index (Phi) is 155. The predicted octanol–water partition coefficient (Wildman–Crippen LogP) is 50.0. The molecule has 0 bridgehead atoms. The maximum atomic E-state index is 2.35. The van der Waals surface area contributed by atoms with Crippen molar-refractivity contribution in [1.29, 1.82) is 0 Å². The third-order valence-corrected chi connectivity index (χ3v) is 28.5. The minimum atomic E-state index is 1.03. The molecule has 0 spiro atoms. The van der Waals surface area contributed by atoms with Crippen LogP contribution in [0.3, 0.4) is 0 Å². The number of hydrogen-bond donors (Lipinski definition) is 0. The molecular formula is C126H268. The summed E-state index contributed by atoms with van der Waals surface area (Å²) in [5, 5.41) is 0. The third kappa shape index (κ3) is 135. The third-order valence-electron chi connectivity index (χ3n) is 28.5. The van der Waals surface area contributed by atoms with E-state index >= 15 is 0 Å². The predicted molar refractivity (Wildman–Crippen MR) is 598 cm³/mol. The summed E-state index contributed by atoms with van der Waals surface area (Å²) in [6, 6.07) is 0. The van der Waals surface area contributed by atoms with Crippen molar-refractivity contribution in [3.63, 3.8) is 0 Å². The molecule has 0 heterocycles. The Hall–Kier alpha value is 0. The van der Waals surface area contributed by atoms with Crippen LogP contribution in [-0.2, 0) is 0 Å². The fourth-order valence-electron chi connectivity index (χ4n) is 20.4. The van der Waals surface area contributed by atoms with E-state index < -0.39 is 0 Å². The van der Waals surface area contributed by atoms with Crippen molar-refractivity contribution in [2.24, 2.45) is 47.3 Å². The Bertz CT molecular complexity index is 1580. The smallest absolute Gasteiger partial charge is 0.0414 e. The van der Waals surface area contributed by atoms with Crippen molar-refractivity contribution in [3.05, 3.63) is 0 Å². The Morgan fingerprint density at radius 2 is 0.127 bits per heavy atom. The number of unbranched alkanes of at least 4 members (excludes halogenated alkanes) is 46. The van der Waals surface area contributed by atoms with Gasteiger partial charge in [0.1, 0.15) is 0 Å². The number of hydrogen-bond acceptors (Lipinski definition) is 0. The summed E-state index contributed by atoms with van der Waals surface area (Å²) in [5.74, 6) is 8.29. The first-order chi connectivity index (χ1) is 61.8. The molecule has 0 aromatic rings. The van der Waals surface area contributed by atoms with Gasteiger partial charge in [0.25, 0.3) is 0 Å². The van der Waals surface area contributed by atoms with Crippen LogP contribution in [0.25, 0.3) is 0 Å². The molecule has 0 aromatic carbocycles. The van der Waals surface area contributed by atoms with E-state index in [9.17, 15) is 0 Å². The van der Waals surface area contributed by atoms with Crippen molar-refractivity contribution in [2.75, 3.05) is 0 Å². The molecule has 0 aliphatic rings. The van der Waals surface area contributed by atoms with E-state index in [1.165, 1.54) is 604 Å². The average molecular weight is 1780 g/mol. The first-order valence-corrected chi connectivity index (χ1v) is 61.8. The summed E-state index contributed by atoms with van der Waals surface area (Å²) in [4.78, 5) is 0. The van der Waals surface area contributed by atoms with Gasteiger partial charge in [-0.25, -0.2) is 0 Å². The first-order valence-electron chi connectivity index (χ1n) is 61.8. The van der Waals surface area contributed by atoms with Crippen LogP contribution in [0.15, 0.2) is 0 Å². The zero-order valence-electron chi connectivity index (χ0n) is 95.1. The molecule has 0 fully saturated rings. The second-order valence-electron chi connectivity index (χ2n) is 42.1. The molecule has 0 radical (unpaired) electrons. The Morgan fingerprint density at radius 3 is 0.214 bits per heavy atom. The molecule has 2 atom stereocenters. The second-order valence-corrected chi connectivity index (χ2v) is 42.1. The summed E-state index contributed by atoms with van der Waals surface area (Å²) in [6.45, 7) is 55.5. The maximum absolute atomic E-state index is 2.35. The van der Waals surface area contributed by atoms with Gasteiger partial charge in [0.05, 0.1) is 0 Å². The molecule has 0 saturated carbocycles. The minimum Gasteiger partial charge on any atom is -0.0654 e. The van der Waals surface area contributed by atoms with Crippen LogP contribution in [-0.4, -0.2) is 0 Å². The van der Waals surface area contributed by atoms with Gasteiger partial charge in [-0.2, -0.15) is 0 Å². The quantitative estimate of drug-likeness (QED) is 0.0533. The molecule has 0 aliphatic heterocycles. The minimum absolute atomic E-state index is 1.03. The van der Waals surface area contributed by atoms with Gasteiger partial charge in [-0.1, -0.05) is 770 Å². The van der Waals surface area contributed by atoms with Gasteiger partial charge in [-0.05, 0) is 47.3 Å². The molecule has 0 amide bonds. The molecule has 0 N–H and O–H groups in total. The lowest BCUT2D eigenvalue weighted by molar-refractivity contribution is 0.378. The van der Waals surface area contributed by atoms with Crippen molar-refractivity contribution in [3.8, 4) is 0 Å².